The van der Waals surface area contributed by atoms with Gasteiger partial charge >= 0.3 is 0 Å². The number of rotatable bonds is 5. The molecule has 1 aromatic carbocycles. The number of carbonyl (C=O) groups excluding carboxylic acids is 1. The Bertz CT molecular complexity index is 726. The Morgan fingerprint density at radius 2 is 2.14 bits per heavy atom. The number of benzene rings is 1. The minimum Gasteiger partial charge on any atom is -0.383 e. The molecule has 0 bridgehead atoms. The van der Waals surface area contributed by atoms with Gasteiger partial charge in [0, 0.05) is 25.5 Å². The summed E-state index contributed by atoms with van der Waals surface area (Å²) in [6.45, 7) is 4.84. The fourth-order valence-corrected chi connectivity index (χ4v) is 2.38. The van der Waals surface area contributed by atoms with Crippen molar-refractivity contribution in [1.82, 2.24) is 9.88 Å². The highest BCUT2D eigenvalue weighted by Crippen LogP contribution is 2.21. The van der Waals surface area contributed by atoms with Crippen molar-refractivity contribution in [1.29, 1.82) is 5.26 Å². The number of carbonyl (C=O) groups is 1. The van der Waals surface area contributed by atoms with Crippen LogP contribution in [0, 0.1) is 25.2 Å². The molecule has 1 N–H and O–H groups in total. The van der Waals surface area contributed by atoms with Gasteiger partial charge in [-0.05, 0) is 31.5 Å². The highest BCUT2D eigenvalue weighted by atomic mass is 16.5. The van der Waals surface area contributed by atoms with Crippen LogP contribution in [0.15, 0.2) is 30.5 Å². The number of hydrogen-bond donors (Lipinski definition) is 1. The zero-order valence-corrected chi connectivity index (χ0v) is 13.0. The average Bonchev–Trinajstić information content (AvgIpc) is 2.91. The van der Waals surface area contributed by atoms with E-state index in [9.17, 15) is 10.1 Å². The normalized spacial score (nSPS) is 10.3. The Balaban J connectivity index is 2.43. The van der Waals surface area contributed by atoms with Crippen molar-refractivity contribution in [2.24, 2.45) is 0 Å². The number of aromatic nitrogens is 1. The molecule has 0 aliphatic heterocycles. The predicted octanol–water partition coefficient (Wildman–Crippen LogP) is 2.34. The quantitative estimate of drug-likeness (QED) is 0.861. The fraction of sp³-hybridized carbons (Fsp3) is 0.294. The zero-order valence-electron chi connectivity index (χ0n) is 13.0. The van der Waals surface area contributed by atoms with Gasteiger partial charge in [-0.1, -0.05) is 17.7 Å². The molecule has 0 fully saturated rings. The van der Waals surface area contributed by atoms with Crippen molar-refractivity contribution in [2.75, 3.05) is 20.3 Å². The topological polar surface area (TPSA) is 67.0 Å². The number of hydrogen-bond acceptors (Lipinski definition) is 3. The molecular formula is C17H19N3O2. The molecule has 5 nitrogen and oxygen atoms in total. The molecule has 1 heterocycles. The molecule has 22 heavy (non-hydrogen) atoms. The van der Waals surface area contributed by atoms with E-state index in [-0.39, 0.29) is 5.91 Å². The maximum absolute atomic E-state index is 12.4. The summed E-state index contributed by atoms with van der Waals surface area (Å²) in [5, 5.41) is 12.0. The maximum Gasteiger partial charge on any atom is 0.269 e. The van der Waals surface area contributed by atoms with Crippen LogP contribution in [0.1, 0.15) is 27.2 Å². The van der Waals surface area contributed by atoms with E-state index in [0.717, 1.165) is 16.8 Å². The van der Waals surface area contributed by atoms with Crippen LogP contribution in [-0.2, 0) is 4.74 Å². The summed E-state index contributed by atoms with van der Waals surface area (Å²) in [4.78, 5) is 12.4. The number of ether oxygens (including phenoxy) is 1. The van der Waals surface area contributed by atoms with Crippen LogP contribution in [0.5, 0.6) is 0 Å². The minimum atomic E-state index is -0.279. The average molecular weight is 297 g/mol. The molecule has 0 spiro atoms. The van der Waals surface area contributed by atoms with Gasteiger partial charge in [-0.15, -0.1) is 0 Å². The Hall–Kier alpha value is -2.58. The third kappa shape index (κ3) is 3.18. The van der Waals surface area contributed by atoms with Gasteiger partial charge in [0.05, 0.1) is 12.2 Å². The molecule has 5 heteroatoms. The molecule has 0 radical (unpaired) electrons. The molecule has 0 unspecified atom stereocenters. The van der Waals surface area contributed by atoms with Crippen molar-refractivity contribution in [3.63, 3.8) is 0 Å². The number of nitrogens with zero attached hydrogens (tertiary/aromatic N) is 2. The number of methoxy groups -OCH3 is 1. The lowest BCUT2D eigenvalue weighted by Gasteiger charge is -2.13. The SMILES string of the molecule is COCCNC(=O)c1c(C#N)ccn1-c1ccc(C)cc1C. The molecule has 0 aliphatic rings. The highest BCUT2D eigenvalue weighted by molar-refractivity contribution is 5.96. The van der Waals surface area contributed by atoms with Gasteiger partial charge in [0.25, 0.3) is 5.91 Å². The molecule has 2 aromatic rings. The van der Waals surface area contributed by atoms with Crippen molar-refractivity contribution in [3.05, 3.63) is 52.8 Å². The third-order valence-corrected chi connectivity index (χ3v) is 3.43. The van der Waals surface area contributed by atoms with Gasteiger partial charge in [-0.2, -0.15) is 5.26 Å². The van der Waals surface area contributed by atoms with Crippen LogP contribution in [0.25, 0.3) is 5.69 Å². The van der Waals surface area contributed by atoms with E-state index in [0.29, 0.717) is 24.4 Å². The van der Waals surface area contributed by atoms with Gasteiger partial charge in [-0.3, -0.25) is 4.79 Å². The van der Waals surface area contributed by atoms with Gasteiger partial charge in [0.15, 0.2) is 0 Å². The lowest BCUT2D eigenvalue weighted by molar-refractivity contribution is 0.0930. The number of nitrogens with one attached hydrogen (secondary N) is 1. The third-order valence-electron chi connectivity index (χ3n) is 3.43. The summed E-state index contributed by atoms with van der Waals surface area (Å²) in [6, 6.07) is 9.73. The van der Waals surface area contributed by atoms with Crippen LogP contribution in [-0.4, -0.2) is 30.7 Å². The van der Waals surface area contributed by atoms with Crippen LogP contribution in [0.2, 0.25) is 0 Å². The second-order valence-corrected chi connectivity index (χ2v) is 5.10. The summed E-state index contributed by atoms with van der Waals surface area (Å²) in [6.07, 6.45) is 1.75. The molecule has 2 rings (SSSR count). The van der Waals surface area contributed by atoms with Gasteiger partial charge in [0.1, 0.15) is 11.8 Å². The zero-order chi connectivity index (χ0) is 16.1. The largest absolute Gasteiger partial charge is 0.383 e. The summed E-state index contributed by atoms with van der Waals surface area (Å²) < 4.78 is 6.69. The number of aryl methyl sites for hydroxylation is 2. The Morgan fingerprint density at radius 1 is 1.36 bits per heavy atom. The van der Waals surface area contributed by atoms with Gasteiger partial charge in [-0.25, -0.2) is 0 Å². The van der Waals surface area contributed by atoms with E-state index in [1.54, 1.807) is 23.9 Å². The first kappa shape index (κ1) is 15.8. The van der Waals surface area contributed by atoms with E-state index in [4.69, 9.17) is 4.74 Å². The maximum atomic E-state index is 12.4. The van der Waals surface area contributed by atoms with Crippen LogP contribution in [0.3, 0.4) is 0 Å². The lowest BCUT2D eigenvalue weighted by Crippen LogP contribution is -2.29. The van der Waals surface area contributed by atoms with Crippen molar-refractivity contribution >= 4 is 5.91 Å². The van der Waals surface area contributed by atoms with Crippen molar-refractivity contribution in [2.45, 2.75) is 13.8 Å². The van der Waals surface area contributed by atoms with E-state index in [1.807, 2.05) is 32.0 Å². The van der Waals surface area contributed by atoms with Gasteiger partial charge in [0.2, 0.25) is 0 Å². The van der Waals surface area contributed by atoms with Crippen molar-refractivity contribution < 1.29 is 9.53 Å². The molecule has 0 atom stereocenters. The molecule has 0 saturated carbocycles. The van der Waals surface area contributed by atoms with Gasteiger partial charge < -0.3 is 14.6 Å². The second kappa shape index (κ2) is 6.92. The summed E-state index contributed by atoms with van der Waals surface area (Å²) in [7, 11) is 1.57. The summed E-state index contributed by atoms with van der Waals surface area (Å²) >= 11 is 0. The Labute approximate surface area is 130 Å². The molecule has 1 amide bonds. The Kier molecular flexibility index (Phi) is 4.97. The highest BCUT2D eigenvalue weighted by Gasteiger charge is 2.18. The van der Waals surface area contributed by atoms with Crippen molar-refractivity contribution in [3.8, 4) is 11.8 Å². The van der Waals surface area contributed by atoms with E-state index in [2.05, 4.69) is 11.4 Å². The molecule has 114 valence electrons. The second-order valence-electron chi connectivity index (χ2n) is 5.10. The first-order valence-corrected chi connectivity index (χ1v) is 7.04. The Morgan fingerprint density at radius 3 is 2.77 bits per heavy atom. The van der Waals surface area contributed by atoms with Crippen LogP contribution >= 0.6 is 0 Å². The standard InChI is InChI=1S/C17H19N3O2/c1-12-4-5-15(13(2)10-12)20-8-6-14(11-18)16(20)17(21)19-7-9-22-3/h4-6,8,10H,7,9H2,1-3H3,(H,19,21). The van der Waals surface area contributed by atoms with Crippen LogP contribution < -0.4 is 5.32 Å². The molecule has 1 aromatic heterocycles. The van der Waals surface area contributed by atoms with Crippen LogP contribution in [0.4, 0.5) is 0 Å². The predicted molar refractivity (Wildman–Crippen MR) is 84.2 cm³/mol. The van der Waals surface area contributed by atoms with E-state index < -0.39 is 0 Å². The first-order chi connectivity index (χ1) is 10.6. The van der Waals surface area contributed by atoms with E-state index >= 15 is 0 Å². The fourth-order valence-electron chi connectivity index (χ4n) is 2.38. The molecular weight excluding hydrogens is 278 g/mol. The molecule has 0 saturated heterocycles. The summed E-state index contributed by atoms with van der Waals surface area (Å²) in [5.74, 6) is -0.279. The summed E-state index contributed by atoms with van der Waals surface area (Å²) in [5.41, 5.74) is 3.80. The minimum absolute atomic E-state index is 0.279. The van der Waals surface area contributed by atoms with E-state index in [1.165, 1.54) is 0 Å². The smallest absolute Gasteiger partial charge is 0.269 e. The first-order valence-electron chi connectivity index (χ1n) is 7.04. The number of amides is 1. The molecule has 0 aliphatic carbocycles. The monoisotopic (exact) mass is 297 g/mol. The lowest BCUT2D eigenvalue weighted by atomic mass is 10.1. The number of nitriles is 1.